The maximum absolute atomic E-state index is 13.7. The van der Waals surface area contributed by atoms with Crippen molar-refractivity contribution in [2.24, 2.45) is 0 Å². The van der Waals surface area contributed by atoms with E-state index in [-0.39, 0.29) is 18.3 Å². The molecule has 0 unspecified atom stereocenters. The van der Waals surface area contributed by atoms with Gasteiger partial charge in [0.2, 0.25) is 0 Å². The van der Waals surface area contributed by atoms with Crippen LogP contribution in [0.2, 0.25) is 0 Å². The number of methoxy groups -OCH3 is 1. The van der Waals surface area contributed by atoms with Gasteiger partial charge in [0.25, 0.3) is 5.91 Å². The minimum atomic E-state index is -0.340. The summed E-state index contributed by atoms with van der Waals surface area (Å²) in [6, 6.07) is 9.96. The van der Waals surface area contributed by atoms with Crippen LogP contribution in [0.4, 0.5) is 4.39 Å². The number of ether oxygens (including phenoxy) is 1. The van der Waals surface area contributed by atoms with E-state index in [2.05, 4.69) is 10.3 Å². The van der Waals surface area contributed by atoms with Crippen molar-refractivity contribution < 1.29 is 13.9 Å². The normalized spacial score (nSPS) is 10.8. The first-order valence-electron chi connectivity index (χ1n) is 7.71. The van der Waals surface area contributed by atoms with E-state index < -0.39 is 0 Å². The lowest BCUT2D eigenvalue weighted by Gasteiger charge is -2.08. The monoisotopic (exact) mass is 327 g/mol. The number of imidazole rings is 1. The molecule has 0 aliphatic rings. The molecule has 0 saturated carbocycles. The van der Waals surface area contributed by atoms with Gasteiger partial charge in [-0.1, -0.05) is 25.1 Å². The third-order valence-corrected chi connectivity index (χ3v) is 3.85. The van der Waals surface area contributed by atoms with Gasteiger partial charge in [-0.25, -0.2) is 9.37 Å². The maximum atomic E-state index is 13.7. The molecule has 2 aromatic heterocycles. The van der Waals surface area contributed by atoms with Crippen LogP contribution in [-0.2, 0) is 13.0 Å². The molecule has 0 atom stereocenters. The summed E-state index contributed by atoms with van der Waals surface area (Å²) < 4.78 is 20.7. The molecule has 6 heteroatoms. The van der Waals surface area contributed by atoms with Crippen molar-refractivity contribution in [3.05, 3.63) is 65.4 Å². The molecule has 1 aromatic carbocycles. The molecule has 0 aliphatic carbocycles. The number of nitrogens with one attached hydrogen (secondary N) is 1. The molecule has 0 saturated heterocycles. The van der Waals surface area contributed by atoms with Crippen LogP contribution in [0.5, 0.6) is 5.75 Å². The van der Waals surface area contributed by atoms with E-state index in [1.54, 1.807) is 48.0 Å². The summed E-state index contributed by atoms with van der Waals surface area (Å²) in [5.41, 5.74) is 2.15. The molecule has 3 aromatic rings. The number of nitrogens with zero attached hydrogens (tertiary/aromatic N) is 2. The average molecular weight is 327 g/mol. The van der Waals surface area contributed by atoms with Gasteiger partial charge in [-0.2, -0.15) is 0 Å². The quantitative estimate of drug-likeness (QED) is 0.784. The van der Waals surface area contributed by atoms with Gasteiger partial charge >= 0.3 is 0 Å². The van der Waals surface area contributed by atoms with E-state index in [1.807, 2.05) is 6.92 Å². The number of hydrogen-bond acceptors (Lipinski definition) is 3. The Morgan fingerprint density at radius 1 is 1.29 bits per heavy atom. The molecular formula is C18H18FN3O2. The van der Waals surface area contributed by atoms with Crippen LogP contribution in [0.15, 0.2) is 42.6 Å². The highest BCUT2D eigenvalue weighted by atomic mass is 19.1. The number of carbonyl (C=O) groups excluding carboxylic acids is 1. The van der Waals surface area contributed by atoms with Gasteiger partial charge < -0.3 is 10.1 Å². The molecule has 3 rings (SSSR count). The molecule has 0 bridgehead atoms. The molecule has 0 fully saturated rings. The zero-order chi connectivity index (χ0) is 17.1. The van der Waals surface area contributed by atoms with Crippen LogP contribution in [0.25, 0.3) is 5.65 Å². The molecule has 0 spiro atoms. The van der Waals surface area contributed by atoms with Crippen molar-refractivity contribution in [2.75, 3.05) is 7.11 Å². The second-order valence-corrected chi connectivity index (χ2v) is 5.30. The number of halogens is 1. The minimum Gasteiger partial charge on any atom is -0.493 e. The predicted molar refractivity (Wildman–Crippen MR) is 88.7 cm³/mol. The van der Waals surface area contributed by atoms with Crippen molar-refractivity contribution >= 4 is 11.6 Å². The van der Waals surface area contributed by atoms with Gasteiger partial charge in [0, 0.05) is 18.3 Å². The number of aryl methyl sites for hydroxylation is 1. The first kappa shape index (κ1) is 16.0. The van der Waals surface area contributed by atoms with Crippen molar-refractivity contribution in [3.63, 3.8) is 0 Å². The highest BCUT2D eigenvalue weighted by Gasteiger charge is 2.20. The average Bonchev–Trinajstić information content (AvgIpc) is 2.99. The van der Waals surface area contributed by atoms with Gasteiger partial charge in [-0.3, -0.25) is 9.20 Å². The molecule has 2 heterocycles. The van der Waals surface area contributed by atoms with Crippen molar-refractivity contribution in [3.8, 4) is 5.75 Å². The maximum Gasteiger partial charge on any atom is 0.270 e. The summed E-state index contributed by atoms with van der Waals surface area (Å²) in [6.45, 7) is 2.05. The number of aromatic nitrogens is 2. The highest BCUT2D eigenvalue weighted by molar-refractivity contribution is 5.95. The predicted octanol–water partition coefficient (Wildman–Crippen LogP) is 2.97. The Labute approximate surface area is 139 Å². The van der Waals surface area contributed by atoms with Gasteiger partial charge in [0.15, 0.2) is 11.4 Å². The second kappa shape index (κ2) is 6.70. The van der Waals surface area contributed by atoms with Crippen molar-refractivity contribution in [1.29, 1.82) is 0 Å². The van der Waals surface area contributed by atoms with E-state index in [1.165, 1.54) is 6.07 Å². The molecule has 124 valence electrons. The van der Waals surface area contributed by atoms with Gasteiger partial charge in [0.1, 0.15) is 11.5 Å². The summed E-state index contributed by atoms with van der Waals surface area (Å²) >= 11 is 0. The second-order valence-electron chi connectivity index (χ2n) is 5.30. The molecule has 24 heavy (non-hydrogen) atoms. The molecule has 0 aliphatic heterocycles. The number of amides is 1. The van der Waals surface area contributed by atoms with Crippen LogP contribution >= 0.6 is 0 Å². The Morgan fingerprint density at radius 3 is 2.79 bits per heavy atom. The SMILES string of the molecule is CCc1nc2c(OC)cccn2c1C(=O)NCc1ccccc1F. The summed E-state index contributed by atoms with van der Waals surface area (Å²) in [5.74, 6) is -0.0375. The first-order chi connectivity index (χ1) is 11.7. The standard InChI is InChI=1S/C18H18FN3O2/c1-3-14-16(22-10-6-9-15(24-2)17(22)21-14)18(23)20-11-12-7-4-5-8-13(12)19/h4-10H,3,11H2,1-2H3,(H,20,23). The smallest absolute Gasteiger partial charge is 0.270 e. The lowest BCUT2D eigenvalue weighted by atomic mass is 10.2. The number of pyridine rings is 1. The number of carbonyl (C=O) groups is 1. The third-order valence-electron chi connectivity index (χ3n) is 3.85. The van der Waals surface area contributed by atoms with Crippen LogP contribution in [-0.4, -0.2) is 22.4 Å². The van der Waals surface area contributed by atoms with Crippen LogP contribution < -0.4 is 10.1 Å². The summed E-state index contributed by atoms with van der Waals surface area (Å²) in [7, 11) is 1.56. The largest absolute Gasteiger partial charge is 0.493 e. The highest BCUT2D eigenvalue weighted by Crippen LogP contribution is 2.22. The Kier molecular flexibility index (Phi) is 4.46. The van der Waals surface area contributed by atoms with Gasteiger partial charge in [-0.05, 0) is 24.6 Å². The number of benzene rings is 1. The van der Waals surface area contributed by atoms with Crippen molar-refractivity contribution in [2.45, 2.75) is 19.9 Å². The lowest BCUT2D eigenvalue weighted by Crippen LogP contribution is -2.25. The number of hydrogen-bond donors (Lipinski definition) is 1. The lowest BCUT2D eigenvalue weighted by molar-refractivity contribution is 0.0943. The minimum absolute atomic E-state index is 0.117. The zero-order valence-corrected chi connectivity index (χ0v) is 13.5. The van der Waals surface area contributed by atoms with E-state index in [9.17, 15) is 9.18 Å². The molecule has 1 N–H and O–H groups in total. The van der Waals surface area contributed by atoms with E-state index in [0.29, 0.717) is 34.8 Å². The number of rotatable bonds is 5. The molecule has 0 radical (unpaired) electrons. The fourth-order valence-electron chi connectivity index (χ4n) is 2.64. The molecule has 1 amide bonds. The third kappa shape index (κ3) is 2.82. The molecule has 5 nitrogen and oxygen atoms in total. The summed E-state index contributed by atoms with van der Waals surface area (Å²) in [5, 5.41) is 2.77. The summed E-state index contributed by atoms with van der Waals surface area (Å²) in [4.78, 5) is 17.1. The van der Waals surface area contributed by atoms with Crippen LogP contribution in [0.3, 0.4) is 0 Å². The first-order valence-corrected chi connectivity index (χ1v) is 7.71. The van der Waals surface area contributed by atoms with E-state index in [0.717, 1.165) is 0 Å². The van der Waals surface area contributed by atoms with Crippen molar-refractivity contribution in [1.82, 2.24) is 14.7 Å². The topological polar surface area (TPSA) is 55.6 Å². The van der Waals surface area contributed by atoms with E-state index >= 15 is 0 Å². The Balaban J connectivity index is 1.93. The van der Waals surface area contributed by atoms with Gasteiger partial charge in [-0.15, -0.1) is 0 Å². The number of fused-ring (bicyclic) bond motifs is 1. The zero-order valence-electron chi connectivity index (χ0n) is 13.5. The Morgan fingerprint density at radius 2 is 2.08 bits per heavy atom. The van der Waals surface area contributed by atoms with Crippen LogP contribution in [0, 0.1) is 5.82 Å². The Bertz CT molecular complexity index is 889. The van der Waals surface area contributed by atoms with Gasteiger partial charge in [0.05, 0.1) is 12.8 Å². The van der Waals surface area contributed by atoms with E-state index in [4.69, 9.17) is 4.74 Å². The summed E-state index contributed by atoms with van der Waals surface area (Å²) in [6.07, 6.45) is 2.37. The fourth-order valence-corrected chi connectivity index (χ4v) is 2.64. The van der Waals surface area contributed by atoms with Crippen LogP contribution in [0.1, 0.15) is 28.7 Å². The Hall–Kier alpha value is -2.89. The fraction of sp³-hybridized carbons (Fsp3) is 0.222. The molecular weight excluding hydrogens is 309 g/mol.